The van der Waals surface area contributed by atoms with Gasteiger partial charge in [0.2, 0.25) is 0 Å². The lowest BCUT2D eigenvalue weighted by atomic mass is 10.4. The third-order valence-corrected chi connectivity index (χ3v) is 4.30. The number of sulfone groups is 1. The Labute approximate surface area is 84.9 Å². The highest BCUT2D eigenvalue weighted by molar-refractivity contribution is 7.92. The molecule has 0 amide bonds. The molecule has 0 aliphatic heterocycles. The van der Waals surface area contributed by atoms with E-state index in [2.05, 4.69) is 0 Å². The van der Waals surface area contributed by atoms with Gasteiger partial charge in [-0.05, 0) is 0 Å². The van der Waals surface area contributed by atoms with Crippen LogP contribution < -0.4 is 5.73 Å². The third-order valence-electron chi connectivity index (χ3n) is 1.46. The topological polar surface area (TPSA) is 115 Å². The maximum atomic E-state index is 11.2. The molecule has 0 bridgehead atoms. The van der Waals surface area contributed by atoms with Crippen molar-refractivity contribution in [1.29, 1.82) is 0 Å². The molecule has 0 aliphatic rings. The molecule has 0 spiro atoms. The van der Waals surface area contributed by atoms with Crippen molar-refractivity contribution in [3.05, 3.63) is 0 Å². The number of carbonyl (C=O) groups is 1. The summed E-state index contributed by atoms with van der Waals surface area (Å²) in [6, 6.07) is 0. The van der Waals surface area contributed by atoms with E-state index in [0.717, 1.165) is 6.26 Å². The molecule has 0 aromatic carbocycles. The molecule has 0 fully saturated rings. The minimum Gasteiger partial charge on any atom is -0.480 e. The van der Waals surface area contributed by atoms with E-state index in [1.807, 2.05) is 0 Å². The molecule has 84 valence electrons. The van der Waals surface area contributed by atoms with Gasteiger partial charge in [-0.1, -0.05) is 0 Å². The van der Waals surface area contributed by atoms with E-state index in [1.54, 1.807) is 0 Å². The molecule has 0 heterocycles. The van der Waals surface area contributed by atoms with Crippen molar-refractivity contribution in [3.63, 3.8) is 0 Å². The van der Waals surface area contributed by atoms with Gasteiger partial charge in [-0.15, -0.1) is 0 Å². The average Bonchev–Trinajstić information content (AvgIpc) is 2.00. The summed E-state index contributed by atoms with van der Waals surface area (Å²) in [7, 11) is -4.95. The normalized spacial score (nSPS) is 16.1. The van der Waals surface area contributed by atoms with Crippen LogP contribution in [0.4, 0.5) is 0 Å². The molecule has 8 heteroatoms. The summed E-state index contributed by atoms with van der Waals surface area (Å²) in [5.74, 6) is -1.74. The van der Waals surface area contributed by atoms with Gasteiger partial charge < -0.3 is 10.8 Å². The zero-order valence-corrected chi connectivity index (χ0v) is 9.31. The number of aliphatic carboxylic acids is 1. The summed E-state index contributed by atoms with van der Waals surface area (Å²) in [6.07, 6.45) is 1.00. The molecule has 14 heavy (non-hydrogen) atoms. The van der Waals surface area contributed by atoms with Gasteiger partial charge in [0.05, 0.1) is 5.75 Å². The quantitative estimate of drug-likeness (QED) is 0.568. The van der Waals surface area contributed by atoms with Crippen LogP contribution in [0.15, 0.2) is 0 Å². The Morgan fingerprint density at radius 3 is 2.36 bits per heavy atom. The fourth-order valence-electron chi connectivity index (χ4n) is 0.696. The van der Waals surface area contributed by atoms with Gasteiger partial charge in [0, 0.05) is 29.4 Å². The van der Waals surface area contributed by atoms with Crippen molar-refractivity contribution in [2.45, 2.75) is 5.25 Å². The van der Waals surface area contributed by atoms with E-state index in [1.165, 1.54) is 0 Å². The monoisotopic (exact) mass is 243 g/mol. The Morgan fingerprint density at radius 2 is 2.07 bits per heavy atom. The molecule has 0 saturated heterocycles. The van der Waals surface area contributed by atoms with Gasteiger partial charge in [0.25, 0.3) is 0 Å². The Morgan fingerprint density at radius 1 is 1.57 bits per heavy atom. The molecule has 2 unspecified atom stereocenters. The lowest BCUT2D eigenvalue weighted by Gasteiger charge is -2.08. The van der Waals surface area contributed by atoms with Crippen LogP contribution in [0.3, 0.4) is 0 Å². The maximum absolute atomic E-state index is 11.2. The molecule has 0 aromatic heterocycles. The number of nitrogens with two attached hydrogens (primary N) is 1. The molecular weight excluding hydrogens is 230 g/mol. The SMILES string of the molecule is CS(=O)(=O)CCS(=O)C(CN)C(=O)O. The first-order valence-corrected chi connectivity index (χ1v) is 7.20. The van der Waals surface area contributed by atoms with Crippen molar-refractivity contribution in [3.8, 4) is 0 Å². The zero-order valence-electron chi connectivity index (χ0n) is 7.67. The van der Waals surface area contributed by atoms with Gasteiger partial charge in [0.15, 0.2) is 0 Å². The molecule has 3 N–H and O–H groups in total. The van der Waals surface area contributed by atoms with Crippen molar-refractivity contribution in [2.75, 3.05) is 24.3 Å². The molecule has 0 aliphatic carbocycles. The summed E-state index contributed by atoms with van der Waals surface area (Å²) in [5, 5.41) is 7.37. The van der Waals surface area contributed by atoms with E-state index < -0.39 is 31.9 Å². The van der Waals surface area contributed by atoms with Crippen molar-refractivity contribution in [1.82, 2.24) is 0 Å². The summed E-state index contributed by atoms with van der Waals surface area (Å²) < 4.78 is 32.7. The fourth-order valence-corrected chi connectivity index (χ4v) is 3.29. The van der Waals surface area contributed by atoms with Crippen LogP contribution in [0.25, 0.3) is 0 Å². The Hall–Kier alpha value is -0.470. The van der Waals surface area contributed by atoms with Gasteiger partial charge in [-0.25, -0.2) is 8.42 Å². The molecule has 2 atom stereocenters. The molecule has 6 nitrogen and oxygen atoms in total. The van der Waals surface area contributed by atoms with Gasteiger partial charge in [-0.2, -0.15) is 0 Å². The molecule has 0 saturated carbocycles. The second-order valence-corrected chi connectivity index (χ2v) is 6.78. The number of carboxylic acids is 1. The first-order valence-electron chi connectivity index (χ1n) is 3.75. The minimum absolute atomic E-state index is 0.188. The largest absolute Gasteiger partial charge is 0.480 e. The second-order valence-electron chi connectivity index (χ2n) is 2.78. The van der Waals surface area contributed by atoms with Gasteiger partial charge >= 0.3 is 5.97 Å². The third kappa shape index (κ3) is 5.30. The summed E-state index contributed by atoms with van der Waals surface area (Å²) >= 11 is 0. The van der Waals surface area contributed by atoms with Gasteiger partial charge in [-0.3, -0.25) is 9.00 Å². The van der Waals surface area contributed by atoms with E-state index in [0.29, 0.717) is 0 Å². The highest BCUT2D eigenvalue weighted by Crippen LogP contribution is 1.97. The van der Waals surface area contributed by atoms with E-state index in [9.17, 15) is 17.4 Å². The van der Waals surface area contributed by atoms with Crippen LogP contribution in [0.5, 0.6) is 0 Å². The fraction of sp³-hybridized carbons (Fsp3) is 0.833. The van der Waals surface area contributed by atoms with Crippen molar-refractivity contribution >= 4 is 26.6 Å². The van der Waals surface area contributed by atoms with Crippen LogP contribution in [0, 0.1) is 0 Å². The number of rotatable bonds is 6. The van der Waals surface area contributed by atoms with Crippen LogP contribution in [0.1, 0.15) is 0 Å². The Bertz CT molecular complexity index is 323. The summed E-state index contributed by atoms with van der Waals surface area (Å²) in [6.45, 7) is -0.258. The average molecular weight is 243 g/mol. The van der Waals surface area contributed by atoms with Crippen LogP contribution in [-0.2, 0) is 25.4 Å². The summed E-state index contributed by atoms with van der Waals surface area (Å²) in [4.78, 5) is 10.5. The first-order chi connectivity index (χ1) is 6.28. The smallest absolute Gasteiger partial charge is 0.320 e. The molecule has 0 radical (unpaired) electrons. The highest BCUT2D eigenvalue weighted by atomic mass is 32.2. The second kappa shape index (κ2) is 5.42. The van der Waals surface area contributed by atoms with Gasteiger partial charge in [0.1, 0.15) is 15.1 Å². The standard InChI is InChI=1S/C6H13NO5S2/c1-14(11,12)3-2-13(10)5(4-7)6(8)9/h5H,2-4,7H2,1H3,(H,8,9). The predicted octanol–water partition coefficient (Wildman–Crippen LogP) is -1.81. The molecule has 0 rings (SSSR count). The molecular formula is C6H13NO5S2. The first kappa shape index (κ1) is 13.5. The number of carboxylic acid groups (broad SMARTS) is 1. The highest BCUT2D eigenvalue weighted by Gasteiger charge is 2.23. The Kier molecular flexibility index (Phi) is 5.24. The van der Waals surface area contributed by atoms with Crippen LogP contribution in [0.2, 0.25) is 0 Å². The summed E-state index contributed by atoms with van der Waals surface area (Å²) in [5.41, 5.74) is 5.09. The van der Waals surface area contributed by atoms with Crippen molar-refractivity contribution in [2.24, 2.45) is 5.73 Å². The van der Waals surface area contributed by atoms with Crippen LogP contribution in [-0.4, -0.2) is 53.3 Å². The lowest BCUT2D eigenvalue weighted by molar-refractivity contribution is -0.136. The maximum Gasteiger partial charge on any atom is 0.320 e. The Balaban J connectivity index is 4.27. The minimum atomic E-state index is -3.21. The predicted molar refractivity (Wildman–Crippen MR) is 53.2 cm³/mol. The van der Waals surface area contributed by atoms with E-state index >= 15 is 0 Å². The zero-order chi connectivity index (χ0) is 11.4. The number of hydrogen-bond acceptors (Lipinski definition) is 5. The molecule has 0 aromatic rings. The number of hydrogen-bond donors (Lipinski definition) is 2. The van der Waals surface area contributed by atoms with E-state index in [-0.39, 0.29) is 18.1 Å². The lowest BCUT2D eigenvalue weighted by Crippen LogP contribution is -2.35. The van der Waals surface area contributed by atoms with E-state index in [4.69, 9.17) is 10.8 Å². The van der Waals surface area contributed by atoms with Crippen LogP contribution >= 0.6 is 0 Å². The van der Waals surface area contributed by atoms with Crippen molar-refractivity contribution < 1.29 is 22.5 Å².